The molecule has 3 N–H and O–H groups in total. The summed E-state index contributed by atoms with van der Waals surface area (Å²) in [4.78, 5) is 0. The van der Waals surface area contributed by atoms with E-state index in [9.17, 15) is 5.11 Å². The van der Waals surface area contributed by atoms with E-state index in [0.717, 1.165) is 6.42 Å². The maximum atomic E-state index is 9.53. The van der Waals surface area contributed by atoms with Gasteiger partial charge in [-0.25, -0.2) is 0 Å². The van der Waals surface area contributed by atoms with Gasteiger partial charge in [-0.2, -0.15) is 0 Å². The van der Waals surface area contributed by atoms with Crippen molar-refractivity contribution in [3.8, 4) is 0 Å². The number of hydrogen-bond acceptors (Lipinski definition) is 2. The normalized spacial score (nSPS) is 18.6. The first kappa shape index (κ1) is 9.92. The summed E-state index contributed by atoms with van der Waals surface area (Å²) in [6, 6.07) is 0. The summed E-state index contributed by atoms with van der Waals surface area (Å²) in [5.74, 6) is 0. The Balaban J connectivity index is 3.89. The van der Waals surface area contributed by atoms with E-state index >= 15 is 0 Å². The average Bonchev–Trinajstić information content (AvgIpc) is 1.60. The van der Waals surface area contributed by atoms with E-state index in [-0.39, 0.29) is 5.41 Å². The lowest BCUT2D eigenvalue weighted by Crippen LogP contribution is -2.37. The molecule has 0 fully saturated rings. The summed E-state index contributed by atoms with van der Waals surface area (Å²) < 4.78 is 0. The van der Waals surface area contributed by atoms with E-state index in [1.54, 1.807) is 6.92 Å². The molecule has 0 heterocycles. The van der Waals surface area contributed by atoms with Gasteiger partial charge in [0.25, 0.3) is 0 Å². The maximum absolute atomic E-state index is 9.53. The van der Waals surface area contributed by atoms with Gasteiger partial charge in [0.05, 0.1) is 5.60 Å². The fourth-order valence-corrected chi connectivity index (χ4v) is 1.21. The number of nitrogens with two attached hydrogens (primary N) is 1. The van der Waals surface area contributed by atoms with Gasteiger partial charge in [-0.1, -0.05) is 20.8 Å². The first-order chi connectivity index (χ1) is 4.27. The summed E-state index contributed by atoms with van der Waals surface area (Å²) in [6.07, 6.45) is 0.747. The summed E-state index contributed by atoms with van der Waals surface area (Å²) in [5, 5.41) is 9.53. The van der Waals surface area contributed by atoms with Crippen LogP contribution in [0.15, 0.2) is 0 Å². The Morgan fingerprint density at radius 1 is 1.20 bits per heavy atom. The maximum Gasteiger partial charge on any atom is 0.0746 e. The van der Waals surface area contributed by atoms with Crippen LogP contribution in [0.5, 0.6) is 0 Å². The van der Waals surface area contributed by atoms with Gasteiger partial charge in [0, 0.05) is 6.54 Å². The van der Waals surface area contributed by atoms with E-state index in [1.165, 1.54) is 0 Å². The van der Waals surface area contributed by atoms with Crippen molar-refractivity contribution >= 4 is 0 Å². The molecule has 0 rings (SSSR count). The summed E-state index contributed by atoms with van der Waals surface area (Å²) >= 11 is 0. The molecular formula is C8H19NO. The Morgan fingerprint density at radius 3 is 1.70 bits per heavy atom. The zero-order valence-electron chi connectivity index (χ0n) is 7.44. The van der Waals surface area contributed by atoms with Crippen molar-refractivity contribution in [1.29, 1.82) is 0 Å². The molecule has 0 radical (unpaired) electrons. The van der Waals surface area contributed by atoms with E-state index in [4.69, 9.17) is 5.73 Å². The van der Waals surface area contributed by atoms with Gasteiger partial charge in [0.15, 0.2) is 0 Å². The van der Waals surface area contributed by atoms with E-state index in [0.29, 0.717) is 6.54 Å². The first-order valence-corrected chi connectivity index (χ1v) is 3.69. The van der Waals surface area contributed by atoms with Gasteiger partial charge in [0.2, 0.25) is 0 Å². The third-order valence-electron chi connectivity index (χ3n) is 1.35. The minimum absolute atomic E-state index is 0.156. The second kappa shape index (κ2) is 2.89. The van der Waals surface area contributed by atoms with Crippen molar-refractivity contribution in [1.82, 2.24) is 0 Å². The molecule has 0 bridgehead atoms. The van der Waals surface area contributed by atoms with Gasteiger partial charge in [0.1, 0.15) is 0 Å². The average molecular weight is 145 g/mol. The molecule has 2 nitrogen and oxygen atoms in total. The molecule has 0 aromatic carbocycles. The van der Waals surface area contributed by atoms with Gasteiger partial charge >= 0.3 is 0 Å². The zero-order chi connectivity index (χ0) is 8.41. The first-order valence-electron chi connectivity index (χ1n) is 3.69. The molecular weight excluding hydrogens is 126 g/mol. The number of rotatable bonds is 2. The molecule has 0 aromatic heterocycles. The molecule has 1 unspecified atom stereocenters. The van der Waals surface area contributed by atoms with E-state index in [2.05, 4.69) is 20.8 Å². The molecule has 0 saturated heterocycles. The van der Waals surface area contributed by atoms with Gasteiger partial charge < -0.3 is 10.8 Å². The molecule has 0 aliphatic rings. The second-order valence-corrected chi connectivity index (χ2v) is 4.44. The molecule has 62 valence electrons. The summed E-state index contributed by atoms with van der Waals surface area (Å²) in [5.41, 5.74) is 4.82. The predicted molar refractivity (Wildman–Crippen MR) is 43.8 cm³/mol. The highest BCUT2D eigenvalue weighted by molar-refractivity contribution is 4.79. The Bertz CT molecular complexity index is 102. The van der Waals surface area contributed by atoms with Gasteiger partial charge in [-0.15, -0.1) is 0 Å². The minimum atomic E-state index is -0.696. The van der Waals surface area contributed by atoms with Crippen LogP contribution in [0.3, 0.4) is 0 Å². The predicted octanol–water partition coefficient (Wildman–Crippen LogP) is 1.13. The smallest absolute Gasteiger partial charge is 0.0746 e. The zero-order valence-corrected chi connectivity index (χ0v) is 7.44. The molecule has 0 aliphatic heterocycles. The van der Waals surface area contributed by atoms with Crippen LogP contribution >= 0.6 is 0 Å². The Hall–Kier alpha value is -0.0800. The molecule has 2 heteroatoms. The molecule has 0 saturated carbocycles. The highest BCUT2D eigenvalue weighted by Gasteiger charge is 2.25. The summed E-state index contributed by atoms with van der Waals surface area (Å²) in [7, 11) is 0. The van der Waals surface area contributed by atoms with Crippen LogP contribution in [0.4, 0.5) is 0 Å². The molecule has 10 heavy (non-hydrogen) atoms. The lowest BCUT2D eigenvalue weighted by atomic mass is 9.83. The molecule has 0 amide bonds. The van der Waals surface area contributed by atoms with Crippen molar-refractivity contribution in [2.45, 2.75) is 39.7 Å². The van der Waals surface area contributed by atoms with Crippen molar-refractivity contribution in [3.63, 3.8) is 0 Å². The van der Waals surface area contributed by atoms with Crippen LogP contribution in [0, 0.1) is 5.41 Å². The molecule has 0 spiro atoms. The minimum Gasteiger partial charge on any atom is -0.389 e. The standard InChI is InChI=1S/C8H19NO/c1-7(2,3)5-8(4,10)6-9/h10H,5-6,9H2,1-4H3. The Kier molecular flexibility index (Phi) is 2.86. The lowest BCUT2D eigenvalue weighted by Gasteiger charge is -2.29. The van der Waals surface area contributed by atoms with Crippen LogP contribution in [0.2, 0.25) is 0 Å². The van der Waals surface area contributed by atoms with E-state index in [1.807, 2.05) is 0 Å². The van der Waals surface area contributed by atoms with Crippen LogP contribution in [0.25, 0.3) is 0 Å². The van der Waals surface area contributed by atoms with Crippen LogP contribution in [0.1, 0.15) is 34.1 Å². The van der Waals surface area contributed by atoms with E-state index < -0.39 is 5.60 Å². The van der Waals surface area contributed by atoms with Crippen molar-refractivity contribution in [3.05, 3.63) is 0 Å². The lowest BCUT2D eigenvalue weighted by molar-refractivity contribution is 0.0275. The van der Waals surface area contributed by atoms with Crippen molar-refractivity contribution < 1.29 is 5.11 Å². The Labute approximate surface area is 63.4 Å². The number of aliphatic hydroxyl groups is 1. The SMILES string of the molecule is CC(C)(C)CC(C)(O)CN. The van der Waals surface area contributed by atoms with Gasteiger partial charge in [-0.3, -0.25) is 0 Å². The topological polar surface area (TPSA) is 46.2 Å². The Morgan fingerprint density at radius 2 is 1.60 bits per heavy atom. The van der Waals surface area contributed by atoms with Crippen LogP contribution in [-0.4, -0.2) is 17.3 Å². The van der Waals surface area contributed by atoms with Crippen LogP contribution < -0.4 is 5.73 Å². The highest BCUT2D eigenvalue weighted by Crippen LogP contribution is 2.25. The highest BCUT2D eigenvalue weighted by atomic mass is 16.3. The number of hydrogen-bond donors (Lipinski definition) is 2. The second-order valence-electron chi connectivity index (χ2n) is 4.44. The monoisotopic (exact) mass is 145 g/mol. The third kappa shape index (κ3) is 4.77. The fourth-order valence-electron chi connectivity index (χ4n) is 1.21. The molecule has 0 aliphatic carbocycles. The van der Waals surface area contributed by atoms with Crippen molar-refractivity contribution in [2.75, 3.05) is 6.54 Å². The largest absolute Gasteiger partial charge is 0.389 e. The van der Waals surface area contributed by atoms with Crippen LogP contribution in [-0.2, 0) is 0 Å². The quantitative estimate of drug-likeness (QED) is 0.612. The van der Waals surface area contributed by atoms with Gasteiger partial charge in [-0.05, 0) is 18.8 Å². The molecule has 1 atom stereocenters. The summed E-state index contributed by atoms with van der Waals surface area (Å²) in [6.45, 7) is 8.40. The third-order valence-corrected chi connectivity index (χ3v) is 1.35. The molecule has 0 aromatic rings. The fraction of sp³-hybridized carbons (Fsp3) is 1.00. The van der Waals surface area contributed by atoms with Crippen molar-refractivity contribution in [2.24, 2.45) is 11.1 Å².